The van der Waals surface area contributed by atoms with Crippen LogP contribution in [0.15, 0.2) is 114 Å². The molecule has 281 valence electrons. The first kappa shape index (κ1) is 38.7. The van der Waals surface area contributed by atoms with Crippen molar-refractivity contribution in [2.75, 3.05) is 0 Å². The molecule has 3 aromatic heterocycles. The van der Waals surface area contributed by atoms with Crippen molar-refractivity contribution < 1.29 is 24.5 Å². The SMILES string of the molecule is CC(C)c1cccc(C(C)C)c1-n1c(-c2[c-]ccc3c2oc2ccccc23)nc2ccccc21.C[Si](C)(C)c1cnc(-c2[c-]cccc2)c2c1CCCC2.[Ir]. The van der Waals surface area contributed by atoms with Crippen LogP contribution in [0.1, 0.15) is 74.6 Å². The predicted molar refractivity (Wildman–Crippen MR) is 229 cm³/mol. The summed E-state index contributed by atoms with van der Waals surface area (Å²) in [5.74, 6) is 1.60. The number of hydrogen-bond acceptors (Lipinski definition) is 3. The summed E-state index contributed by atoms with van der Waals surface area (Å²) in [6, 6.07) is 42.3. The van der Waals surface area contributed by atoms with Gasteiger partial charge in [-0.1, -0.05) is 118 Å². The van der Waals surface area contributed by atoms with Crippen LogP contribution in [0, 0.1) is 12.1 Å². The number of pyridine rings is 1. The number of hydrogen-bond donors (Lipinski definition) is 0. The molecule has 4 nitrogen and oxygen atoms in total. The molecule has 1 aliphatic carbocycles. The van der Waals surface area contributed by atoms with Crippen molar-refractivity contribution in [2.24, 2.45) is 0 Å². The van der Waals surface area contributed by atoms with E-state index in [0.29, 0.717) is 11.8 Å². The van der Waals surface area contributed by atoms with Gasteiger partial charge in [-0.25, -0.2) is 0 Å². The van der Waals surface area contributed by atoms with Crippen LogP contribution in [-0.2, 0) is 32.9 Å². The number of furan rings is 1. The van der Waals surface area contributed by atoms with Gasteiger partial charge in [0.05, 0.1) is 30.5 Å². The van der Waals surface area contributed by atoms with Gasteiger partial charge in [0.2, 0.25) is 0 Å². The number of para-hydroxylation sites is 4. The summed E-state index contributed by atoms with van der Waals surface area (Å²) in [6.45, 7) is 16.3. The molecule has 6 heteroatoms. The molecular weight excluding hydrogens is 867 g/mol. The summed E-state index contributed by atoms with van der Waals surface area (Å²) >= 11 is 0. The van der Waals surface area contributed by atoms with Gasteiger partial charge in [-0.05, 0) is 77.7 Å². The Morgan fingerprint density at radius 3 is 2.11 bits per heavy atom. The fourth-order valence-corrected chi connectivity index (χ4v) is 9.85. The van der Waals surface area contributed by atoms with E-state index in [1.165, 1.54) is 53.8 Å². The molecule has 0 aliphatic heterocycles. The molecule has 0 bridgehead atoms. The molecule has 3 heterocycles. The topological polar surface area (TPSA) is 43.9 Å². The van der Waals surface area contributed by atoms with Crippen LogP contribution >= 0.6 is 0 Å². The zero-order valence-corrected chi connectivity index (χ0v) is 36.4. The molecule has 0 spiro atoms. The molecule has 9 rings (SSSR count). The van der Waals surface area contributed by atoms with Gasteiger partial charge in [0.15, 0.2) is 0 Å². The van der Waals surface area contributed by atoms with Gasteiger partial charge >= 0.3 is 0 Å². The first-order chi connectivity index (χ1) is 26.1. The zero-order chi connectivity index (χ0) is 37.6. The van der Waals surface area contributed by atoms with Gasteiger partial charge in [-0.3, -0.25) is 4.98 Å². The maximum Gasteiger partial charge on any atom is 0.120 e. The van der Waals surface area contributed by atoms with E-state index >= 15 is 0 Å². The van der Waals surface area contributed by atoms with Crippen molar-refractivity contribution in [3.8, 4) is 28.3 Å². The predicted octanol–water partition coefficient (Wildman–Crippen LogP) is 12.6. The number of imidazole rings is 1. The Kier molecular flexibility index (Phi) is 11.1. The molecule has 0 unspecified atom stereocenters. The standard InChI is InChI=1S/C31H27N2O.C18H22NSi.Ir/c1-19(2)21-12-9-13-22(20(3)4)29(21)33-27-17-7-6-16-26(27)32-31(33)25-15-10-14-24-23-11-5-8-18-28(23)34-30(24)25;1-20(2,3)17-13-19-18(14-9-5-4-6-10-14)16-12-8-7-11-15(16)17;/h5-14,16-20H,1-4H3;4-6,9,13H,7-8,11-12H2,1-3H3;/q2*-1;. The molecule has 1 radical (unpaired) electrons. The second kappa shape index (κ2) is 15.9. The molecule has 0 saturated carbocycles. The van der Waals surface area contributed by atoms with Crippen LogP contribution in [0.2, 0.25) is 19.6 Å². The summed E-state index contributed by atoms with van der Waals surface area (Å²) in [7, 11) is -1.31. The summed E-state index contributed by atoms with van der Waals surface area (Å²) in [5, 5.41) is 3.76. The Morgan fingerprint density at radius 1 is 0.709 bits per heavy atom. The van der Waals surface area contributed by atoms with Crippen molar-refractivity contribution >= 4 is 46.2 Å². The molecule has 0 fully saturated rings. The normalized spacial score (nSPS) is 12.9. The van der Waals surface area contributed by atoms with E-state index in [1.807, 2.05) is 36.4 Å². The monoisotopic (exact) mass is 916 g/mol. The molecule has 0 N–H and O–H groups in total. The molecule has 0 atom stereocenters. The van der Waals surface area contributed by atoms with Crippen LogP contribution in [0.4, 0.5) is 0 Å². The van der Waals surface area contributed by atoms with Gasteiger partial charge in [-0.15, -0.1) is 54.1 Å². The maximum absolute atomic E-state index is 6.40. The second-order valence-corrected chi connectivity index (χ2v) is 21.3. The van der Waals surface area contributed by atoms with Gasteiger partial charge in [-0.2, -0.15) is 0 Å². The fraction of sp³-hybridized carbons (Fsp3) is 0.265. The third-order valence-electron chi connectivity index (χ3n) is 10.9. The Hall–Kier alpha value is -4.61. The van der Waals surface area contributed by atoms with Gasteiger partial charge < -0.3 is 14.0 Å². The Labute approximate surface area is 340 Å². The second-order valence-electron chi connectivity index (χ2n) is 16.3. The van der Waals surface area contributed by atoms with Crippen molar-refractivity contribution in [2.45, 2.75) is 84.9 Å². The number of aromatic nitrogens is 3. The summed E-state index contributed by atoms with van der Waals surface area (Å²) in [5.41, 5.74) is 13.9. The van der Waals surface area contributed by atoms with E-state index in [4.69, 9.17) is 14.4 Å². The first-order valence-corrected chi connectivity index (χ1v) is 23.0. The summed E-state index contributed by atoms with van der Waals surface area (Å²) < 4.78 is 8.73. The third-order valence-corrected chi connectivity index (χ3v) is 12.9. The van der Waals surface area contributed by atoms with Crippen molar-refractivity contribution in [3.63, 3.8) is 0 Å². The minimum absolute atomic E-state index is 0. The summed E-state index contributed by atoms with van der Waals surface area (Å²) in [4.78, 5) is 9.98. The van der Waals surface area contributed by atoms with E-state index in [0.717, 1.165) is 49.9 Å². The van der Waals surface area contributed by atoms with Crippen molar-refractivity contribution in [1.82, 2.24) is 14.5 Å². The van der Waals surface area contributed by atoms with E-state index in [2.05, 4.69) is 137 Å². The van der Waals surface area contributed by atoms with E-state index in [9.17, 15) is 0 Å². The number of nitrogens with zero attached hydrogens (tertiary/aromatic N) is 3. The van der Waals surface area contributed by atoms with Crippen LogP contribution in [0.5, 0.6) is 0 Å². The van der Waals surface area contributed by atoms with Crippen LogP contribution in [0.25, 0.3) is 61.3 Å². The molecule has 0 saturated heterocycles. The number of fused-ring (bicyclic) bond motifs is 5. The third kappa shape index (κ3) is 7.28. The average Bonchev–Trinajstić information content (AvgIpc) is 3.76. The molecule has 1 aliphatic rings. The Morgan fingerprint density at radius 2 is 1.40 bits per heavy atom. The number of rotatable bonds is 6. The molecule has 0 amide bonds. The Bertz CT molecular complexity index is 2590. The fourth-order valence-electron chi connectivity index (χ4n) is 8.21. The van der Waals surface area contributed by atoms with E-state index in [-0.39, 0.29) is 20.1 Å². The largest absolute Gasteiger partial charge is 0.501 e. The number of benzene rings is 5. The van der Waals surface area contributed by atoms with Crippen LogP contribution in [-0.4, -0.2) is 22.6 Å². The summed E-state index contributed by atoms with van der Waals surface area (Å²) in [6.07, 6.45) is 7.19. The molecule has 55 heavy (non-hydrogen) atoms. The quantitative estimate of drug-likeness (QED) is 0.123. The minimum Gasteiger partial charge on any atom is -0.501 e. The molecular formula is C49H49IrN3OSi-2. The van der Waals surface area contributed by atoms with Crippen LogP contribution < -0.4 is 5.19 Å². The van der Waals surface area contributed by atoms with Gasteiger partial charge in [0.25, 0.3) is 0 Å². The van der Waals surface area contributed by atoms with Gasteiger partial charge in [0, 0.05) is 37.4 Å². The molecule has 8 aromatic rings. The van der Waals surface area contributed by atoms with Crippen LogP contribution in [0.3, 0.4) is 0 Å². The molecule has 5 aromatic carbocycles. The van der Waals surface area contributed by atoms with Crippen molar-refractivity contribution in [3.05, 3.63) is 144 Å². The Balaban J connectivity index is 0.000000190. The first-order valence-electron chi connectivity index (χ1n) is 19.5. The zero-order valence-electron chi connectivity index (χ0n) is 33.0. The smallest absolute Gasteiger partial charge is 0.120 e. The van der Waals surface area contributed by atoms with Crippen molar-refractivity contribution in [1.29, 1.82) is 0 Å². The maximum atomic E-state index is 6.40. The van der Waals surface area contributed by atoms with E-state index in [1.54, 1.807) is 10.8 Å². The van der Waals surface area contributed by atoms with E-state index < -0.39 is 8.07 Å². The minimum atomic E-state index is -1.31. The van der Waals surface area contributed by atoms with Gasteiger partial charge in [0.1, 0.15) is 5.58 Å². The average molecular weight is 916 g/mol.